The van der Waals surface area contributed by atoms with Crippen molar-refractivity contribution in [2.75, 3.05) is 19.8 Å². The summed E-state index contributed by atoms with van der Waals surface area (Å²) < 4.78 is 34.7. The van der Waals surface area contributed by atoms with E-state index >= 15 is 0 Å². The van der Waals surface area contributed by atoms with Crippen LogP contribution in [-0.2, 0) is 33.2 Å². The van der Waals surface area contributed by atoms with Crippen molar-refractivity contribution in [3.63, 3.8) is 0 Å². The molecule has 25 atom stereocenters. The Bertz CT molecular complexity index is 1580. The first-order valence-electron chi connectivity index (χ1n) is 23.2. The van der Waals surface area contributed by atoms with Crippen molar-refractivity contribution >= 4 is 5.78 Å². The molecule has 3 saturated heterocycles. The highest BCUT2D eigenvalue weighted by Crippen LogP contribution is 2.67. The number of rotatable bonds is 14. The molecule has 362 valence electrons. The summed E-state index contributed by atoms with van der Waals surface area (Å²) in [6, 6.07) is 0. The molecule has 0 aromatic heterocycles. The highest BCUT2D eigenvalue weighted by Gasteiger charge is 2.62. The zero-order valence-electron chi connectivity index (χ0n) is 37.1. The van der Waals surface area contributed by atoms with Crippen molar-refractivity contribution in [1.82, 2.24) is 0 Å². The molecule has 0 aromatic rings. The number of carbonyl (C=O) groups is 1. The number of fused-ring (bicyclic) bond motifs is 5. The number of hydrogen-bond acceptors (Lipinski definition) is 18. The van der Waals surface area contributed by atoms with E-state index in [-0.39, 0.29) is 59.4 Å². The number of Topliss-reactive ketones (excluding diaryl/α,β-unsaturated/α-hetero) is 1. The van der Waals surface area contributed by atoms with E-state index < -0.39 is 111 Å². The number of ketones is 1. The van der Waals surface area contributed by atoms with Crippen LogP contribution < -0.4 is 0 Å². The lowest BCUT2D eigenvalue weighted by atomic mass is 9.47. The number of aliphatic hydroxyl groups is 11. The van der Waals surface area contributed by atoms with Crippen LogP contribution in [0.3, 0.4) is 0 Å². The maximum atomic E-state index is 13.8. The monoisotopic (exact) mass is 902 g/mol. The van der Waals surface area contributed by atoms with E-state index in [0.717, 1.165) is 25.7 Å². The molecule has 3 saturated carbocycles. The molecule has 7 rings (SSSR count). The van der Waals surface area contributed by atoms with Crippen LogP contribution in [0.4, 0.5) is 0 Å². The smallest absolute Gasteiger partial charge is 0.187 e. The average molecular weight is 903 g/mol. The second-order valence-electron chi connectivity index (χ2n) is 20.6. The molecule has 3 heterocycles. The summed E-state index contributed by atoms with van der Waals surface area (Å²) in [5, 5.41) is 115. The van der Waals surface area contributed by atoms with Crippen molar-refractivity contribution in [3.8, 4) is 0 Å². The fourth-order valence-electron chi connectivity index (χ4n) is 12.9. The second-order valence-corrected chi connectivity index (χ2v) is 20.6. The van der Waals surface area contributed by atoms with Gasteiger partial charge in [0.2, 0.25) is 0 Å². The van der Waals surface area contributed by atoms with Gasteiger partial charge in [-0.1, -0.05) is 39.3 Å². The van der Waals surface area contributed by atoms with Gasteiger partial charge in [-0.3, -0.25) is 4.79 Å². The van der Waals surface area contributed by atoms with Crippen molar-refractivity contribution < 1.29 is 89.4 Å². The number of hydrogen-bond donors (Lipinski definition) is 11. The third-order valence-corrected chi connectivity index (χ3v) is 16.7. The van der Waals surface area contributed by atoms with Gasteiger partial charge < -0.3 is 84.6 Å². The number of aliphatic hydroxyl groups excluding tert-OH is 11. The van der Waals surface area contributed by atoms with Crippen LogP contribution in [-0.4, -0.2) is 186 Å². The van der Waals surface area contributed by atoms with Crippen LogP contribution in [0.1, 0.15) is 92.4 Å². The van der Waals surface area contributed by atoms with E-state index in [2.05, 4.69) is 19.9 Å². The van der Waals surface area contributed by atoms with Crippen molar-refractivity contribution in [2.45, 2.75) is 197 Å². The summed E-state index contributed by atoms with van der Waals surface area (Å²) in [6.07, 6.45) is -13.2. The molecular formula is C45H74O18. The van der Waals surface area contributed by atoms with Gasteiger partial charge in [-0.05, 0) is 98.7 Å². The molecule has 6 fully saturated rings. The van der Waals surface area contributed by atoms with E-state index in [1.165, 1.54) is 12.5 Å². The van der Waals surface area contributed by atoms with E-state index in [1.807, 2.05) is 13.8 Å². The SMILES string of the molecule is C[C@H](CCC(=O)[C@@H](C)[C@H]1[C@H](O)C[C@H]2[C@@H]3CC=C4C[C@@H](O[C@@H]5O[C@H](CO)[C@@H](O[C@@H]6O[C@@H](C)[C@H](O)[C@@H](O)[C@H]6O)[C@H](O)[C@H]5O)CC[C@]4(C)[C@H]3CC[C@]12C)CO[C@@H]1O[C@H](CO)[C@@H](O)[C@H](O)[C@H]1O. The molecule has 7 aliphatic rings. The predicted molar refractivity (Wildman–Crippen MR) is 219 cm³/mol. The highest BCUT2D eigenvalue weighted by molar-refractivity contribution is 5.81. The third-order valence-electron chi connectivity index (χ3n) is 16.7. The molecule has 0 unspecified atom stereocenters. The lowest BCUT2D eigenvalue weighted by Gasteiger charge is -2.58. The number of carbonyl (C=O) groups excluding carboxylic acids is 1. The Morgan fingerprint density at radius 1 is 0.762 bits per heavy atom. The second kappa shape index (κ2) is 19.8. The molecule has 63 heavy (non-hydrogen) atoms. The van der Waals surface area contributed by atoms with E-state index in [0.29, 0.717) is 37.5 Å². The summed E-state index contributed by atoms with van der Waals surface area (Å²) in [5.41, 5.74) is 0.934. The zero-order chi connectivity index (χ0) is 45.9. The molecular weight excluding hydrogens is 828 g/mol. The molecule has 0 bridgehead atoms. The summed E-state index contributed by atoms with van der Waals surface area (Å²) in [7, 11) is 0. The topological polar surface area (TPSA) is 295 Å². The fourth-order valence-corrected chi connectivity index (χ4v) is 12.9. The molecule has 0 amide bonds. The summed E-state index contributed by atoms with van der Waals surface area (Å²) in [5.74, 6) is 0.367. The minimum atomic E-state index is -1.66. The van der Waals surface area contributed by atoms with Gasteiger partial charge in [-0.15, -0.1) is 0 Å². The minimum absolute atomic E-state index is 0.0824. The normalized spacial score (nSPS) is 51.0. The van der Waals surface area contributed by atoms with E-state index in [4.69, 9.17) is 28.4 Å². The van der Waals surface area contributed by atoms with Crippen LogP contribution in [0.25, 0.3) is 0 Å². The van der Waals surface area contributed by atoms with Crippen LogP contribution in [0.15, 0.2) is 11.6 Å². The van der Waals surface area contributed by atoms with Gasteiger partial charge in [0.05, 0.1) is 38.1 Å². The maximum Gasteiger partial charge on any atom is 0.187 e. The van der Waals surface area contributed by atoms with E-state index in [9.17, 15) is 61.0 Å². The predicted octanol–water partition coefficient (Wildman–Crippen LogP) is -0.989. The minimum Gasteiger partial charge on any atom is -0.394 e. The molecule has 0 aromatic carbocycles. The Kier molecular flexibility index (Phi) is 15.6. The Morgan fingerprint density at radius 2 is 1.40 bits per heavy atom. The first-order chi connectivity index (χ1) is 29.7. The van der Waals surface area contributed by atoms with Crippen molar-refractivity contribution in [3.05, 3.63) is 11.6 Å². The molecule has 0 spiro atoms. The molecule has 18 nitrogen and oxygen atoms in total. The zero-order valence-corrected chi connectivity index (χ0v) is 37.1. The molecule has 4 aliphatic carbocycles. The maximum absolute atomic E-state index is 13.8. The highest BCUT2D eigenvalue weighted by atomic mass is 16.7. The number of ether oxygens (including phenoxy) is 6. The van der Waals surface area contributed by atoms with Gasteiger partial charge in [0.1, 0.15) is 72.9 Å². The van der Waals surface area contributed by atoms with E-state index in [1.54, 1.807) is 0 Å². The van der Waals surface area contributed by atoms with Gasteiger partial charge in [-0.2, -0.15) is 0 Å². The fraction of sp³-hybridized carbons (Fsp3) is 0.933. The van der Waals surface area contributed by atoms with Gasteiger partial charge in [0.15, 0.2) is 18.9 Å². The first-order valence-corrected chi connectivity index (χ1v) is 23.2. The summed E-state index contributed by atoms with van der Waals surface area (Å²) in [6.45, 7) is 8.90. The summed E-state index contributed by atoms with van der Waals surface area (Å²) in [4.78, 5) is 13.8. The quantitative estimate of drug-likeness (QED) is 0.0934. The Balaban J connectivity index is 0.927. The van der Waals surface area contributed by atoms with Crippen molar-refractivity contribution in [2.24, 2.45) is 46.3 Å². The van der Waals surface area contributed by atoms with Crippen LogP contribution in [0.5, 0.6) is 0 Å². The number of allylic oxidation sites excluding steroid dienone is 1. The lowest BCUT2D eigenvalue weighted by Crippen LogP contribution is -2.64. The van der Waals surface area contributed by atoms with Crippen LogP contribution in [0, 0.1) is 46.3 Å². The molecule has 0 radical (unpaired) electrons. The Labute approximate surface area is 369 Å². The van der Waals surface area contributed by atoms with Gasteiger partial charge in [0.25, 0.3) is 0 Å². The van der Waals surface area contributed by atoms with Gasteiger partial charge >= 0.3 is 0 Å². The van der Waals surface area contributed by atoms with Gasteiger partial charge in [0, 0.05) is 12.3 Å². The Morgan fingerprint density at radius 3 is 2.10 bits per heavy atom. The first kappa shape index (κ1) is 49.6. The average Bonchev–Trinajstić information content (AvgIpc) is 3.54. The summed E-state index contributed by atoms with van der Waals surface area (Å²) >= 11 is 0. The lowest BCUT2D eigenvalue weighted by molar-refractivity contribution is -0.360. The van der Waals surface area contributed by atoms with Crippen molar-refractivity contribution in [1.29, 1.82) is 0 Å². The van der Waals surface area contributed by atoms with Crippen LogP contribution in [0.2, 0.25) is 0 Å². The van der Waals surface area contributed by atoms with Crippen LogP contribution >= 0.6 is 0 Å². The molecule has 18 heteroatoms. The molecule has 11 N–H and O–H groups in total. The third kappa shape index (κ3) is 9.34. The molecule has 3 aliphatic heterocycles. The van der Waals surface area contributed by atoms with Gasteiger partial charge in [-0.25, -0.2) is 0 Å². The standard InChI is InChI=1S/C45H74O18/c1-19(18-58-41-37(55)35(53)33(51)29(16-46)61-41)6-9-27(48)20(2)31-28(49)15-26-24-8-7-22-14-23(10-12-44(22,4)25(24)11-13-45(26,31)5)60-43-39(57)36(54)40(30(17-47)62-43)63-42-38(56)34(52)32(50)21(3)59-42/h7,19-21,23-26,28-43,46-47,49-57H,6,8-18H2,1-5H3/t19-,20-,21+,23+,24-,25+,26+,28-,29-,30-,31+,32+,33-,34-,35+,36-,37-,38-,39-,40-,41-,42+,43-,44+,45+/m1/s1. The Hall–Kier alpha value is -1.27. The largest absolute Gasteiger partial charge is 0.394 e.